The van der Waals surface area contributed by atoms with Gasteiger partial charge in [-0.15, -0.1) is 0 Å². The molecule has 17 heavy (non-hydrogen) atoms. The van der Waals surface area contributed by atoms with Crippen LogP contribution in [0.5, 0.6) is 0 Å². The Labute approximate surface area is 103 Å². The Kier molecular flexibility index (Phi) is 7.79. The molecular formula is C12H25F3N2. The molecule has 1 N–H and O–H groups in total. The van der Waals surface area contributed by atoms with Gasteiger partial charge in [0, 0.05) is 6.04 Å². The van der Waals surface area contributed by atoms with Crippen LogP contribution in [0.2, 0.25) is 0 Å². The molecule has 1 atom stereocenters. The minimum atomic E-state index is -4.10. The molecule has 0 aliphatic rings. The molecule has 0 heterocycles. The molecule has 0 radical (unpaired) electrons. The third kappa shape index (κ3) is 10.6. The Morgan fingerprint density at radius 3 is 2.24 bits per heavy atom. The van der Waals surface area contributed by atoms with Crippen molar-refractivity contribution in [3.63, 3.8) is 0 Å². The topological polar surface area (TPSA) is 15.3 Å². The molecule has 0 rings (SSSR count). The fraction of sp³-hybridized carbons (Fsp3) is 1.00. The van der Waals surface area contributed by atoms with E-state index in [1.54, 1.807) is 0 Å². The second-order valence-corrected chi connectivity index (χ2v) is 5.12. The van der Waals surface area contributed by atoms with E-state index in [0.29, 0.717) is 5.92 Å². The number of nitrogens with one attached hydrogen (secondary N) is 1. The second kappa shape index (κ2) is 7.93. The van der Waals surface area contributed by atoms with Crippen LogP contribution in [0.4, 0.5) is 13.2 Å². The second-order valence-electron chi connectivity index (χ2n) is 5.12. The number of hydrogen-bond acceptors (Lipinski definition) is 2. The predicted molar refractivity (Wildman–Crippen MR) is 65.1 cm³/mol. The van der Waals surface area contributed by atoms with Crippen LogP contribution in [0, 0.1) is 5.92 Å². The number of nitrogens with zero attached hydrogens (tertiary/aromatic N) is 1. The van der Waals surface area contributed by atoms with Crippen LogP contribution in [-0.4, -0.2) is 43.8 Å². The molecule has 0 spiro atoms. The molecule has 0 aliphatic carbocycles. The van der Waals surface area contributed by atoms with E-state index < -0.39 is 12.7 Å². The van der Waals surface area contributed by atoms with Crippen LogP contribution < -0.4 is 5.32 Å². The highest BCUT2D eigenvalue weighted by atomic mass is 19.4. The van der Waals surface area contributed by atoms with Gasteiger partial charge in [-0.05, 0) is 45.8 Å². The average Bonchev–Trinajstić information content (AvgIpc) is 2.13. The summed E-state index contributed by atoms with van der Waals surface area (Å²) in [5.41, 5.74) is 0. The van der Waals surface area contributed by atoms with Crippen LogP contribution in [0.3, 0.4) is 0 Å². The first-order valence-corrected chi connectivity index (χ1v) is 6.20. The van der Waals surface area contributed by atoms with Crippen molar-refractivity contribution in [3.05, 3.63) is 0 Å². The van der Waals surface area contributed by atoms with Crippen LogP contribution in [0.15, 0.2) is 0 Å². The number of halogens is 3. The summed E-state index contributed by atoms with van der Waals surface area (Å²) < 4.78 is 36.4. The van der Waals surface area contributed by atoms with Gasteiger partial charge in [0.1, 0.15) is 0 Å². The Balaban J connectivity index is 3.61. The van der Waals surface area contributed by atoms with Gasteiger partial charge in [-0.1, -0.05) is 13.8 Å². The number of rotatable bonds is 8. The van der Waals surface area contributed by atoms with Gasteiger partial charge < -0.3 is 5.32 Å². The summed E-state index contributed by atoms with van der Waals surface area (Å²) in [7, 11) is 1.53. The van der Waals surface area contributed by atoms with Gasteiger partial charge in [0.15, 0.2) is 0 Å². The summed E-state index contributed by atoms with van der Waals surface area (Å²) in [4.78, 5) is 1.36. The smallest absolute Gasteiger partial charge is 0.316 e. The van der Waals surface area contributed by atoms with Gasteiger partial charge in [-0.3, -0.25) is 4.90 Å². The maximum atomic E-state index is 12.1. The molecule has 0 aromatic carbocycles. The number of hydrogen-bond donors (Lipinski definition) is 1. The van der Waals surface area contributed by atoms with Crippen molar-refractivity contribution in [3.8, 4) is 0 Å². The first-order valence-electron chi connectivity index (χ1n) is 6.20. The molecule has 0 aromatic heterocycles. The Morgan fingerprint density at radius 2 is 1.76 bits per heavy atom. The quantitative estimate of drug-likeness (QED) is 0.670. The summed E-state index contributed by atoms with van der Waals surface area (Å²) in [6, 6.07) is -0.0301. The molecule has 2 nitrogen and oxygen atoms in total. The van der Waals surface area contributed by atoms with Crippen LogP contribution >= 0.6 is 0 Å². The lowest BCUT2D eigenvalue weighted by atomic mass is 10.1. The van der Waals surface area contributed by atoms with Crippen LogP contribution in [0.1, 0.15) is 33.6 Å². The summed E-state index contributed by atoms with van der Waals surface area (Å²) >= 11 is 0. The summed E-state index contributed by atoms with van der Waals surface area (Å²) in [5, 5.41) is 3.29. The lowest BCUT2D eigenvalue weighted by molar-refractivity contribution is -0.147. The maximum Gasteiger partial charge on any atom is 0.401 e. The zero-order chi connectivity index (χ0) is 13.5. The molecule has 5 heteroatoms. The normalized spacial score (nSPS) is 14.6. The van der Waals surface area contributed by atoms with Crippen molar-refractivity contribution in [1.29, 1.82) is 0 Å². The average molecular weight is 254 g/mol. The fourth-order valence-electron chi connectivity index (χ4n) is 1.57. The zero-order valence-electron chi connectivity index (χ0n) is 11.3. The molecule has 0 aromatic rings. The monoisotopic (exact) mass is 254 g/mol. The first kappa shape index (κ1) is 16.7. The van der Waals surface area contributed by atoms with E-state index in [-0.39, 0.29) is 6.04 Å². The van der Waals surface area contributed by atoms with Gasteiger partial charge in [0.2, 0.25) is 0 Å². The maximum absolute atomic E-state index is 12.1. The Hall–Kier alpha value is -0.290. The highest BCUT2D eigenvalue weighted by Crippen LogP contribution is 2.17. The molecule has 1 unspecified atom stereocenters. The largest absolute Gasteiger partial charge is 0.401 e. The van der Waals surface area contributed by atoms with Gasteiger partial charge in [0.25, 0.3) is 0 Å². The van der Waals surface area contributed by atoms with E-state index in [1.165, 1.54) is 11.9 Å². The highest BCUT2D eigenvalue weighted by Gasteiger charge is 2.30. The predicted octanol–water partition coefficient (Wildman–Crippen LogP) is 2.89. The van der Waals surface area contributed by atoms with Crippen molar-refractivity contribution >= 4 is 0 Å². The van der Waals surface area contributed by atoms with E-state index >= 15 is 0 Å². The summed E-state index contributed by atoms with van der Waals surface area (Å²) in [6.07, 6.45) is -2.40. The van der Waals surface area contributed by atoms with E-state index in [2.05, 4.69) is 19.2 Å². The van der Waals surface area contributed by atoms with Crippen LogP contribution in [0.25, 0.3) is 0 Å². The molecular weight excluding hydrogens is 229 g/mol. The van der Waals surface area contributed by atoms with Gasteiger partial charge in [0.05, 0.1) is 6.54 Å². The lowest BCUT2D eigenvalue weighted by Crippen LogP contribution is -2.37. The van der Waals surface area contributed by atoms with Gasteiger partial charge >= 0.3 is 6.18 Å². The summed E-state index contributed by atoms with van der Waals surface area (Å²) in [6.45, 7) is 7.12. The first-order chi connectivity index (χ1) is 7.72. The minimum Gasteiger partial charge on any atom is -0.316 e. The molecule has 0 aliphatic heterocycles. The van der Waals surface area contributed by atoms with Crippen molar-refractivity contribution in [2.24, 2.45) is 5.92 Å². The molecule has 0 fully saturated rings. The molecule has 0 amide bonds. The SMILES string of the molecule is CC(C)CNCCCC(C)N(C)CC(F)(F)F. The van der Waals surface area contributed by atoms with E-state index in [1.807, 2.05) is 6.92 Å². The molecule has 104 valence electrons. The van der Waals surface area contributed by atoms with Crippen LogP contribution in [-0.2, 0) is 0 Å². The van der Waals surface area contributed by atoms with E-state index in [9.17, 15) is 13.2 Å². The minimum absolute atomic E-state index is 0.0301. The molecule has 0 saturated carbocycles. The lowest BCUT2D eigenvalue weighted by Gasteiger charge is -2.25. The molecule has 0 saturated heterocycles. The van der Waals surface area contributed by atoms with Gasteiger partial charge in [-0.2, -0.15) is 13.2 Å². The molecule has 0 bridgehead atoms. The van der Waals surface area contributed by atoms with Gasteiger partial charge in [-0.25, -0.2) is 0 Å². The third-order valence-corrected chi connectivity index (χ3v) is 2.71. The fourth-order valence-corrected chi connectivity index (χ4v) is 1.57. The van der Waals surface area contributed by atoms with Crippen molar-refractivity contribution < 1.29 is 13.2 Å². The van der Waals surface area contributed by atoms with Crippen molar-refractivity contribution in [1.82, 2.24) is 10.2 Å². The van der Waals surface area contributed by atoms with Crippen molar-refractivity contribution in [2.45, 2.75) is 45.8 Å². The standard InChI is InChI=1S/C12H25F3N2/c1-10(2)8-16-7-5-6-11(3)17(4)9-12(13,14)15/h10-11,16H,5-9H2,1-4H3. The van der Waals surface area contributed by atoms with Crippen molar-refractivity contribution in [2.75, 3.05) is 26.7 Å². The summed E-state index contributed by atoms with van der Waals surface area (Å²) in [5.74, 6) is 0.611. The Morgan fingerprint density at radius 1 is 1.18 bits per heavy atom. The van der Waals surface area contributed by atoms with E-state index in [4.69, 9.17) is 0 Å². The Bertz CT molecular complexity index is 193. The van der Waals surface area contributed by atoms with E-state index in [0.717, 1.165) is 25.9 Å². The number of alkyl halides is 3. The third-order valence-electron chi connectivity index (χ3n) is 2.71. The zero-order valence-corrected chi connectivity index (χ0v) is 11.3. The highest BCUT2D eigenvalue weighted by molar-refractivity contribution is 4.67.